The SMILES string of the molecule is COc1cccc(CN2C[C@]34C=C[C@H](O3)[C@H](C(=O)N(C)CCC(N)=O)[C@H]4C2=O)c1. The van der Waals surface area contributed by atoms with Crippen LogP contribution in [0.25, 0.3) is 0 Å². The fraction of sp³-hybridized carbons (Fsp3) is 0.476. The number of fused-ring (bicyclic) bond motifs is 1. The number of hydrogen-bond acceptors (Lipinski definition) is 5. The summed E-state index contributed by atoms with van der Waals surface area (Å²) in [5.41, 5.74) is 5.39. The van der Waals surface area contributed by atoms with E-state index in [1.807, 2.05) is 36.4 Å². The lowest BCUT2D eigenvalue weighted by Gasteiger charge is -2.27. The van der Waals surface area contributed by atoms with E-state index in [4.69, 9.17) is 15.2 Å². The number of methoxy groups -OCH3 is 1. The molecule has 154 valence electrons. The Balaban J connectivity index is 1.53. The topological polar surface area (TPSA) is 102 Å². The molecule has 0 radical (unpaired) electrons. The van der Waals surface area contributed by atoms with Crippen LogP contribution in [0.1, 0.15) is 12.0 Å². The van der Waals surface area contributed by atoms with Crippen LogP contribution in [0, 0.1) is 11.8 Å². The average molecular weight is 399 g/mol. The predicted octanol–water partition coefficient (Wildman–Crippen LogP) is 0.311. The summed E-state index contributed by atoms with van der Waals surface area (Å²) in [5, 5.41) is 0. The van der Waals surface area contributed by atoms with Crippen LogP contribution >= 0.6 is 0 Å². The van der Waals surface area contributed by atoms with E-state index in [0.29, 0.717) is 13.1 Å². The molecule has 1 spiro atoms. The van der Waals surface area contributed by atoms with Gasteiger partial charge in [-0.3, -0.25) is 14.4 Å². The molecule has 1 aromatic carbocycles. The van der Waals surface area contributed by atoms with Crippen LogP contribution in [0.5, 0.6) is 5.75 Å². The summed E-state index contributed by atoms with van der Waals surface area (Å²) in [5.74, 6) is -1.14. The number of carbonyl (C=O) groups is 3. The van der Waals surface area contributed by atoms with Crippen LogP contribution < -0.4 is 10.5 Å². The van der Waals surface area contributed by atoms with Gasteiger partial charge in [0, 0.05) is 26.6 Å². The van der Waals surface area contributed by atoms with Crippen molar-refractivity contribution >= 4 is 17.7 Å². The van der Waals surface area contributed by atoms with E-state index in [2.05, 4.69) is 0 Å². The number of carbonyl (C=O) groups excluding carboxylic acids is 3. The van der Waals surface area contributed by atoms with Crippen LogP contribution in [-0.2, 0) is 25.7 Å². The summed E-state index contributed by atoms with van der Waals surface area (Å²) in [7, 11) is 3.23. The second-order valence-electron chi connectivity index (χ2n) is 7.92. The molecule has 29 heavy (non-hydrogen) atoms. The molecule has 8 heteroatoms. The Kier molecular flexibility index (Phi) is 4.82. The summed E-state index contributed by atoms with van der Waals surface area (Å²) >= 11 is 0. The number of amides is 3. The zero-order valence-electron chi connectivity index (χ0n) is 16.5. The lowest BCUT2D eigenvalue weighted by atomic mass is 9.76. The van der Waals surface area contributed by atoms with E-state index in [1.165, 1.54) is 4.90 Å². The van der Waals surface area contributed by atoms with Crippen molar-refractivity contribution in [2.24, 2.45) is 17.6 Å². The summed E-state index contributed by atoms with van der Waals surface area (Å²) in [6.45, 7) is 1.06. The molecule has 3 aliphatic heterocycles. The third kappa shape index (κ3) is 3.27. The highest BCUT2D eigenvalue weighted by atomic mass is 16.5. The molecule has 0 saturated carbocycles. The highest BCUT2D eigenvalue weighted by Gasteiger charge is 2.67. The van der Waals surface area contributed by atoms with Crippen molar-refractivity contribution in [2.75, 3.05) is 27.2 Å². The molecule has 2 saturated heterocycles. The van der Waals surface area contributed by atoms with Gasteiger partial charge in [0.25, 0.3) is 0 Å². The van der Waals surface area contributed by atoms with E-state index in [0.717, 1.165) is 11.3 Å². The number of ether oxygens (including phenoxy) is 2. The minimum absolute atomic E-state index is 0.0821. The van der Waals surface area contributed by atoms with E-state index >= 15 is 0 Å². The van der Waals surface area contributed by atoms with Crippen molar-refractivity contribution in [3.05, 3.63) is 42.0 Å². The normalized spacial score (nSPS) is 29.2. The van der Waals surface area contributed by atoms with Crippen molar-refractivity contribution < 1.29 is 23.9 Å². The lowest BCUT2D eigenvalue weighted by Crippen LogP contribution is -2.45. The van der Waals surface area contributed by atoms with Gasteiger partial charge in [0.1, 0.15) is 11.4 Å². The third-order valence-electron chi connectivity index (χ3n) is 6.04. The number of likely N-dealkylation sites (tertiary alicyclic amines) is 1. The standard InChI is InChI=1S/C21H25N3O5/c1-23(9-7-16(22)25)19(26)17-15-6-8-21(29-15)12-24(20(27)18(17)21)11-13-4-3-5-14(10-13)28-2/h3-6,8,10,15,17-18H,7,9,11-12H2,1-2H3,(H2,22,25)/t15-,17-,18-,21-/m0/s1. The molecule has 3 heterocycles. The first-order chi connectivity index (χ1) is 13.8. The molecule has 2 bridgehead atoms. The number of primary amides is 1. The zero-order chi connectivity index (χ0) is 20.8. The number of rotatable bonds is 7. The van der Waals surface area contributed by atoms with E-state index in [-0.39, 0.29) is 24.8 Å². The fourth-order valence-electron chi connectivity index (χ4n) is 4.63. The molecular formula is C21H25N3O5. The Labute approximate surface area is 169 Å². The Hall–Kier alpha value is -2.87. The highest BCUT2D eigenvalue weighted by molar-refractivity contribution is 5.93. The van der Waals surface area contributed by atoms with Crippen molar-refractivity contribution in [1.29, 1.82) is 0 Å². The van der Waals surface area contributed by atoms with Gasteiger partial charge in [-0.15, -0.1) is 0 Å². The summed E-state index contributed by atoms with van der Waals surface area (Å²) in [6.07, 6.45) is 3.48. The molecule has 0 aliphatic carbocycles. The fourth-order valence-corrected chi connectivity index (χ4v) is 4.63. The zero-order valence-corrected chi connectivity index (χ0v) is 16.5. The average Bonchev–Trinajstić information content (AvgIpc) is 3.34. The summed E-state index contributed by atoms with van der Waals surface area (Å²) in [4.78, 5) is 40.6. The van der Waals surface area contributed by atoms with Gasteiger partial charge in [-0.2, -0.15) is 0 Å². The van der Waals surface area contributed by atoms with Gasteiger partial charge in [0.05, 0.1) is 31.6 Å². The molecule has 2 N–H and O–H groups in total. The smallest absolute Gasteiger partial charge is 0.230 e. The van der Waals surface area contributed by atoms with Crippen molar-refractivity contribution in [2.45, 2.75) is 24.7 Å². The molecular weight excluding hydrogens is 374 g/mol. The van der Waals surface area contributed by atoms with Crippen LogP contribution in [0.15, 0.2) is 36.4 Å². The van der Waals surface area contributed by atoms with Crippen LogP contribution in [0.3, 0.4) is 0 Å². The molecule has 8 nitrogen and oxygen atoms in total. The van der Waals surface area contributed by atoms with Crippen molar-refractivity contribution in [3.8, 4) is 5.75 Å². The maximum atomic E-state index is 13.3. The molecule has 4 atom stereocenters. The molecule has 0 unspecified atom stereocenters. The first-order valence-corrected chi connectivity index (χ1v) is 9.67. The third-order valence-corrected chi connectivity index (χ3v) is 6.04. The molecule has 2 fully saturated rings. The van der Waals surface area contributed by atoms with Gasteiger partial charge in [-0.25, -0.2) is 0 Å². The largest absolute Gasteiger partial charge is 0.497 e. The number of nitrogens with zero attached hydrogens (tertiary/aromatic N) is 2. The molecule has 4 rings (SSSR count). The van der Waals surface area contributed by atoms with Crippen molar-refractivity contribution in [1.82, 2.24) is 9.80 Å². The minimum Gasteiger partial charge on any atom is -0.497 e. The van der Waals surface area contributed by atoms with Crippen LogP contribution in [-0.4, -0.2) is 66.5 Å². The first-order valence-electron chi connectivity index (χ1n) is 9.67. The number of nitrogens with two attached hydrogens (primary N) is 1. The van der Waals surface area contributed by atoms with Gasteiger partial charge in [-0.1, -0.05) is 24.3 Å². The summed E-state index contributed by atoms with van der Waals surface area (Å²) < 4.78 is 11.4. The van der Waals surface area contributed by atoms with Crippen LogP contribution in [0.2, 0.25) is 0 Å². The summed E-state index contributed by atoms with van der Waals surface area (Å²) in [6, 6.07) is 7.58. The second-order valence-corrected chi connectivity index (χ2v) is 7.92. The Morgan fingerprint density at radius 1 is 1.41 bits per heavy atom. The Bertz CT molecular complexity index is 885. The van der Waals surface area contributed by atoms with Gasteiger partial charge in [-0.05, 0) is 17.7 Å². The molecule has 3 amide bonds. The quantitative estimate of drug-likeness (QED) is 0.665. The predicted molar refractivity (Wildman–Crippen MR) is 104 cm³/mol. The van der Waals surface area contributed by atoms with Gasteiger partial charge >= 0.3 is 0 Å². The Morgan fingerprint density at radius 2 is 2.21 bits per heavy atom. The van der Waals surface area contributed by atoms with E-state index < -0.39 is 29.4 Å². The lowest BCUT2D eigenvalue weighted by molar-refractivity contribution is -0.142. The first kappa shape index (κ1) is 19.4. The molecule has 0 aromatic heterocycles. The van der Waals surface area contributed by atoms with E-state index in [9.17, 15) is 14.4 Å². The van der Waals surface area contributed by atoms with Gasteiger partial charge in [0.2, 0.25) is 17.7 Å². The minimum atomic E-state index is -0.758. The second kappa shape index (κ2) is 7.18. The molecule has 3 aliphatic rings. The monoisotopic (exact) mass is 399 g/mol. The van der Waals surface area contributed by atoms with Crippen molar-refractivity contribution in [3.63, 3.8) is 0 Å². The number of hydrogen-bond donors (Lipinski definition) is 1. The van der Waals surface area contributed by atoms with Gasteiger partial charge < -0.3 is 25.0 Å². The van der Waals surface area contributed by atoms with E-state index in [1.54, 1.807) is 19.1 Å². The van der Waals surface area contributed by atoms with Crippen LogP contribution in [0.4, 0.5) is 0 Å². The van der Waals surface area contributed by atoms with Gasteiger partial charge in [0.15, 0.2) is 0 Å². The maximum absolute atomic E-state index is 13.3. The number of benzene rings is 1. The highest BCUT2D eigenvalue weighted by Crippen LogP contribution is 2.52. The molecule has 1 aromatic rings. The Morgan fingerprint density at radius 3 is 2.93 bits per heavy atom. The maximum Gasteiger partial charge on any atom is 0.230 e.